The molecule has 0 bridgehead atoms. The van der Waals surface area contributed by atoms with Gasteiger partial charge in [-0.25, -0.2) is 0 Å². The van der Waals surface area contributed by atoms with E-state index in [0.717, 1.165) is 19.6 Å². The number of likely N-dealkylation sites (N-methyl/N-ethyl adjacent to an activating group) is 1. The molecule has 0 amide bonds. The molecule has 1 unspecified atom stereocenters. The van der Waals surface area contributed by atoms with Crippen LogP contribution in [0.15, 0.2) is 24.4 Å². The van der Waals surface area contributed by atoms with E-state index in [9.17, 15) is 0 Å². The minimum Gasteiger partial charge on any atom is -0.313 e. The van der Waals surface area contributed by atoms with Gasteiger partial charge in [0.05, 0.1) is 5.69 Å². The molecule has 1 saturated heterocycles. The molecule has 0 radical (unpaired) electrons. The molecule has 2 rings (SSSR count). The molecule has 100 valence electrons. The fraction of sp³-hybridized carbons (Fsp3) is 0.667. The number of hydrogen-bond donors (Lipinski definition) is 1. The molecule has 0 aromatic carbocycles. The van der Waals surface area contributed by atoms with Crippen LogP contribution in [0.1, 0.15) is 38.3 Å². The van der Waals surface area contributed by atoms with Crippen molar-refractivity contribution in [3.63, 3.8) is 0 Å². The van der Waals surface area contributed by atoms with Crippen LogP contribution in [0, 0.1) is 0 Å². The van der Waals surface area contributed by atoms with Gasteiger partial charge in [-0.05, 0) is 38.1 Å². The largest absolute Gasteiger partial charge is 0.313 e. The topological polar surface area (TPSA) is 28.2 Å². The zero-order chi connectivity index (χ0) is 12.6. The average molecular weight is 247 g/mol. The lowest BCUT2D eigenvalue weighted by molar-refractivity contribution is 0.240. The first-order valence-electron chi connectivity index (χ1n) is 7.24. The van der Waals surface area contributed by atoms with Crippen LogP contribution >= 0.6 is 0 Å². The molecule has 1 atom stereocenters. The van der Waals surface area contributed by atoms with Crippen molar-refractivity contribution < 1.29 is 0 Å². The van der Waals surface area contributed by atoms with E-state index < -0.39 is 0 Å². The van der Waals surface area contributed by atoms with Gasteiger partial charge in [-0.3, -0.25) is 9.88 Å². The van der Waals surface area contributed by atoms with E-state index in [1.54, 1.807) is 0 Å². The van der Waals surface area contributed by atoms with Gasteiger partial charge < -0.3 is 5.32 Å². The Morgan fingerprint density at radius 2 is 2.28 bits per heavy atom. The summed E-state index contributed by atoms with van der Waals surface area (Å²) in [6.45, 7) is 6.63. The Morgan fingerprint density at radius 3 is 3.06 bits per heavy atom. The predicted octanol–water partition coefficient (Wildman–Crippen LogP) is 2.44. The second kappa shape index (κ2) is 7.49. The first-order valence-corrected chi connectivity index (χ1v) is 7.24. The summed E-state index contributed by atoms with van der Waals surface area (Å²) in [5.74, 6) is 0. The van der Waals surface area contributed by atoms with Crippen molar-refractivity contribution >= 4 is 0 Å². The summed E-state index contributed by atoms with van der Waals surface area (Å²) in [5.41, 5.74) is 1.17. The highest BCUT2D eigenvalue weighted by molar-refractivity contribution is 5.03. The summed E-state index contributed by atoms with van der Waals surface area (Å²) in [6, 6.07) is 6.83. The van der Waals surface area contributed by atoms with Gasteiger partial charge in [0.1, 0.15) is 0 Å². The van der Waals surface area contributed by atoms with Crippen LogP contribution in [-0.4, -0.2) is 35.6 Å². The average Bonchev–Trinajstić information content (AvgIpc) is 2.68. The summed E-state index contributed by atoms with van der Waals surface area (Å²) in [4.78, 5) is 6.91. The Morgan fingerprint density at radius 1 is 1.33 bits per heavy atom. The van der Waals surface area contributed by atoms with E-state index in [4.69, 9.17) is 0 Å². The summed E-state index contributed by atoms with van der Waals surface area (Å²) in [7, 11) is 0. The van der Waals surface area contributed by atoms with Crippen molar-refractivity contribution in [3.8, 4) is 0 Å². The van der Waals surface area contributed by atoms with Crippen LogP contribution in [0.25, 0.3) is 0 Å². The van der Waals surface area contributed by atoms with E-state index in [0.29, 0.717) is 6.04 Å². The van der Waals surface area contributed by atoms with Crippen LogP contribution in [0.5, 0.6) is 0 Å². The lowest BCUT2D eigenvalue weighted by Gasteiger charge is -2.26. The number of rotatable bonds is 5. The zero-order valence-electron chi connectivity index (χ0n) is 11.4. The molecule has 1 aliphatic rings. The van der Waals surface area contributed by atoms with Gasteiger partial charge in [-0.2, -0.15) is 0 Å². The highest BCUT2D eigenvalue weighted by Crippen LogP contribution is 2.11. The molecule has 1 aliphatic heterocycles. The monoisotopic (exact) mass is 247 g/mol. The number of hydrogen-bond acceptors (Lipinski definition) is 3. The predicted molar refractivity (Wildman–Crippen MR) is 75.4 cm³/mol. The molecule has 1 N–H and O–H groups in total. The number of pyridine rings is 1. The second-order valence-electron chi connectivity index (χ2n) is 5.15. The Kier molecular flexibility index (Phi) is 5.62. The van der Waals surface area contributed by atoms with Crippen LogP contribution < -0.4 is 5.32 Å². The van der Waals surface area contributed by atoms with Crippen LogP contribution in [-0.2, 0) is 6.54 Å². The molecule has 1 aromatic rings. The Balaban J connectivity index is 1.84. The normalized spacial score (nSPS) is 20.9. The number of aromatic nitrogens is 1. The lowest BCUT2D eigenvalue weighted by Crippen LogP contribution is -2.40. The van der Waals surface area contributed by atoms with Crippen molar-refractivity contribution in [1.29, 1.82) is 0 Å². The van der Waals surface area contributed by atoms with E-state index in [1.165, 1.54) is 37.9 Å². The summed E-state index contributed by atoms with van der Waals surface area (Å²) < 4.78 is 0. The number of nitrogens with one attached hydrogen (secondary N) is 1. The van der Waals surface area contributed by atoms with Crippen molar-refractivity contribution in [2.75, 3.05) is 19.6 Å². The SMILES string of the molecule is CCN(Cc1ccccn1)CC1CCCCCN1. The van der Waals surface area contributed by atoms with Crippen LogP contribution in [0.3, 0.4) is 0 Å². The highest BCUT2D eigenvalue weighted by Gasteiger charge is 2.15. The van der Waals surface area contributed by atoms with Gasteiger partial charge in [0.25, 0.3) is 0 Å². The number of nitrogens with zero attached hydrogens (tertiary/aromatic N) is 2. The fourth-order valence-corrected chi connectivity index (χ4v) is 2.59. The molecule has 3 nitrogen and oxygen atoms in total. The van der Waals surface area contributed by atoms with Crippen LogP contribution in [0.2, 0.25) is 0 Å². The van der Waals surface area contributed by atoms with E-state index in [2.05, 4.69) is 34.3 Å². The van der Waals surface area contributed by atoms with Gasteiger partial charge in [0, 0.05) is 25.3 Å². The lowest BCUT2D eigenvalue weighted by atomic mass is 10.1. The Labute approximate surface area is 111 Å². The molecule has 1 fully saturated rings. The third kappa shape index (κ3) is 4.39. The minimum absolute atomic E-state index is 0.663. The van der Waals surface area contributed by atoms with E-state index >= 15 is 0 Å². The first kappa shape index (κ1) is 13.5. The smallest absolute Gasteiger partial charge is 0.0543 e. The second-order valence-corrected chi connectivity index (χ2v) is 5.15. The molecule has 18 heavy (non-hydrogen) atoms. The fourth-order valence-electron chi connectivity index (χ4n) is 2.59. The maximum Gasteiger partial charge on any atom is 0.0543 e. The third-order valence-corrected chi connectivity index (χ3v) is 3.70. The third-order valence-electron chi connectivity index (χ3n) is 3.70. The highest BCUT2D eigenvalue weighted by atomic mass is 15.1. The Hall–Kier alpha value is -0.930. The molecule has 2 heterocycles. The van der Waals surface area contributed by atoms with Gasteiger partial charge in [0.2, 0.25) is 0 Å². The molecule has 1 aromatic heterocycles. The van der Waals surface area contributed by atoms with Crippen molar-refractivity contribution in [2.45, 2.75) is 45.2 Å². The summed E-state index contributed by atoms with van der Waals surface area (Å²) >= 11 is 0. The molecule has 3 heteroatoms. The molecular formula is C15H25N3. The molecule has 0 spiro atoms. The molecule has 0 aliphatic carbocycles. The first-order chi connectivity index (χ1) is 8.88. The van der Waals surface area contributed by atoms with Gasteiger partial charge in [0.15, 0.2) is 0 Å². The maximum atomic E-state index is 4.42. The van der Waals surface area contributed by atoms with Gasteiger partial charge >= 0.3 is 0 Å². The van der Waals surface area contributed by atoms with Crippen molar-refractivity contribution in [1.82, 2.24) is 15.2 Å². The van der Waals surface area contributed by atoms with Crippen molar-refractivity contribution in [3.05, 3.63) is 30.1 Å². The standard InChI is InChI=1S/C15H25N3/c1-2-18(13-15-9-5-7-11-17-15)12-14-8-4-3-6-10-16-14/h5,7,9,11,14,16H,2-4,6,8,10,12-13H2,1H3. The Bertz CT molecular complexity index is 318. The van der Waals surface area contributed by atoms with E-state index in [1.807, 2.05) is 12.3 Å². The summed E-state index contributed by atoms with van der Waals surface area (Å²) in [6.07, 6.45) is 7.29. The van der Waals surface area contributed by atoms with Gasteiger partial charge in [-0.1, -0.05) is 25.8 Å². The zero-order valence-corrected chi connectivity index (χ0v) is 11.4. The molecule has 0 saturated carbocycles. The quantitative estimate of drug-likeness (QED) is 0.866. The molecular weight excluding hydrogens is 222 g/mol. The minimum atomic E-state index is 0.663. The van der Waals surface area contributed by atoms with Crippen molar-refractivity contribution in [2.24, 2.45) is 0 Å². The van der Waals surface area contributed by atoms with Gasteiger partial charge in [-0.15, -0.1) is 0 Å². The maximum absolute atomic E-state index is 4.42. The van der Waals surface area contributed by atoms with Crippen LogP contribution in [0.4, 0.5) is 0 Å². The summed E-state index contributed by atoms with van der Waals surface area (Å²) in [5, 5.41) is 3.67. The van der Waals surface area contributed by atoms with E-state index in [-0.39, 0.29) is 0 Å².